The van der Waals surface area contributed by atoms with Crippen molar-refractivity contribution in [2.24, 2.45) is 5.92 Å². The van der Waals surface area contributed by atoms with E-state index in [1.165, 1.54) is 24.1 Å². The van der Waals surface area contributed by atoms with E-state index in [9.17, 15) is 4.79 Å². The van der Waals surface area contributed by atoms with Gasteiger partial charge in [-0.05, 0) is 43.2 Å². The van der Waals surface area contributed by atoms with Crippen molar-refractivity contribution in [3.8, 4) is 0 Å². The maximum atomic E-state index is 11.9. The van der Waals surface area contributed by atoms with Gasteiger partial charge in [0.15, 0.2) is 0 Å². The average molecular weight is 302 g/mol. The monoisotopic (exact) mass is 302 g/mol. The van der Waals surface area contributed by atoms with Gasteiger partial charge in [0.25, 0.3) is 0 Å². The summed E-state index contributed by atoms with van der Waals surface area (Å²) in [5, 5.41) is 3.05. The van der Waals surface area contributed by atoms with Crippen molar-refractivity contribution in [3.05, 3.63) is 29.8 Å². The number of benzene rings is 1. The van der Waals surface area contributed by atoms with E-state index in [1.807, 2.05) is 0 Å². The molecule has 22 heavy (non-hydrogen) atoms. The summed E-state index contributed by atoms with van der Waals surface area (Å²) < 4.78 is 5.31. The lowest BCUT2D eigenvalue weighted by atomic mass is 10.0. The van der Waals surface area contributed by atoms with Crippen LogP contribution in [0.5, 0.6) is 0 Å². The highest BCUT2D eigenvalue weighted by molar-refractivity contribution is 5.76. The van der Waals surface area contributed by atoms with Gasteiger partial charge in [0.1, 0.15) is 0 Å². The van der Waals surface area contributed by atoms with Gasteiger partial charge in [-0.2, -0.15) is 0 Å². The lowest BCUT2D eigenvalue weighted by molar-refractivity contribution is -0.122. The van der Waals surface area contributed by atoms with Gasteiger partial charge in [0.2, 0.25) is 5.91 Å². The number of fused-ring (bicyclic) bond motifs is 1. The third kappa shape index (κ3) is 4.01. The first-order valence-electron chi connectivity index (χ1n) is 8.50. The molecular weight excluding hydrogens is 276 g/mol. The number of anilines is 1. The second-order valence-corrected chi connectivity index (χ2v) is 6.36. The van der Waals surface area contributed by atoms with Crippen molar-refractivity contribution in [2.45, 2.75) is 32.1 Å². The first-order valence-corrected chi connectivity index (χ1v) is 8.50. The van der Waals surface area contributed by atoms with Crippen molar-refractivity contribution >= 4 is 11.6 Å². The zero-order valence-corrected chi connectivity index (χ0v) is 13.2. The summed E-state index contributed by atoms with van der Waals surface area (Å²) in [6.45, 7) is 4.48. The normalized spacial score (nSPS) is 20.7. The molecule has 0 spiro atoms. The van der Waals surface area contributed by atoms with Crippen molar-refractivity contribution in [3.63, 3.8) is 0 Å². The minimum Gasteiger partial charge on any atom is -0.381 e. The van der Waals surface area contributed by atoms with E-state index in [4.69, 9.17) is 4.74 Å². The molecule has 0 aromatic heterocycles. The number of carbonyl (C=O) groups is 1. The number of nitrogens with zero attached hydrogens (tertiary/aromatic N) is 1. The second-order valence-electron chi connectivity index (χ2n) is 6.36. The van der Waals surface area contributed by atoms with E-state index >= 15 is 0 Å². The highest BCUT2D eigenvalue weighted by Gasteiger charge is 2.19. The Morgan fingerprint density at radius 3 is 3.14 bits per heavy atom. The van der Waals surface area contributed by atoms with Crippen LogP contribution in [0.4, 0.5) is 5.69 Å². The quantitative estimate of drug-likeness (QED) is 0.820. The van der Waals surface area contributed by atoms with E-state index in [0.717, 1.165) is 45.7 Å². The number of nitrogens with one attached hydrogen (secondary N) is 1. The largest absolute Gasteiger partial charge is 0.381 e. The Morgan fingerprint density at radius 1 is 1.36 bits per heavy atom. The van der Waals surface area contributed by atoms with Crippen molar-refractivity contribution in [1.29, 1.82) is 0 Å². The van der Waals surface area contributed by atoms with Gasteiger partial charge in [-0.1, -0.05) is 18.2 Å². The number of amides is 1. The molecule has 1 aromatic rings. The van der Waals surface area contributed by atoms with Gasteiger partial charge < -0.3 is 15.0 Å². The zero-order chi connectivity index (χ0) is 15.2. The van der Waals surface area contributed by atoms with Gasteiger partial charge in [0.05, 0.1) is 0 Å². The number of para-hydroxylation sites is 1. The Kier molecular flexibility index (Phi) is 5.33. The SMILES string of the molecule is O=C(CC1CCOC1)NCCCN1CCCc2ccccc21. The van der Waals surface area contributed by atoms with Crippen molar-refractivity contribution in [2.75, 3.05) is 37.7 Å². The van der Waals surface area contributed by atoms with Gasteiger partial charge in [-0.3, -0.25) is 4.79 Å². The fourth-order valence-electron chi connectivity index (χ4n) is 3.42. The first-order chi connectivity index (χ1) is 10.8. The standard InChI is InChI=1S/C18H26N2O2/c21-18(13-15-8-12-22-14-15)19-9-4-11-20-10-3-6-16-5-1-2-7-17(16)20/h1-2,5,7,15H,3-4,6,8-14H2,(H,19,21). The summed E-state index contributed by atoms with van der Waals surface area (Å²) in [6, 6.07) is 8.68. The summed E-state index contributed by atoms with van der Waals surface area (Å²) in [4.78, 5) is 14.3. The molecule has 120 valence electrons. The Labute approximate surface area is 132 Å². The first kappa shape index (κ1) is 15.3. The van der Waals surface area contributed by atoms with E-state index in [1.54, 1.807) is 0 Å². The molecule has 4 nitrogen and oxygen atoms in total. The minimum atomic E-state index is 0.176. The lowest BCUT2D eigenvalue weighted by Gasteiger charge is -2.31. The predicted octanol–water partition coefficient (Wildman–Crippen LogP) is 2.37. The van der Waals surface area contributed by atoms with Crippen LogP contribution in [0.1, 0.15) is 31.2 Å². The molecule has 1 saturated heterocycles. The smallest absolute Gasteiger partial charge is 0.220 e. The molecule has 2 aliphatic heterocycles. The number of rotatable bonds is 6. The highest BCUT2D eigenvalue weighted by Crippen LogP contribution is 2.26. The van der Waals surface area contributed by atoms with Crippen LogP contribution in [0.15, 0.2) is 24.3 Å². The van der Waals surface area contributed by atoms with Gasteiger partial charge in [-0.25, -0.2) is 0 Å². The fourth-order valence-corrected chi connectivity index (χ4v) is 3.42. The van der Waals surface area contributed by atoms with Crippen LogP contribution in [-0.2, 0) is 16.0 Å². The van der Waals surface area contributed by atoms with E-state index in [-0.39, 0.29) is 5.91 Å². The van der Waals surface area contributed by atoms with Crippen LogP contribution in [-0.4, -0.2) is 38.8 Å². The molecule has 1 amide bonds. The van der Waals surface area contributed by atoms with Crippen LogP contribution < -0.4 is 10.2 Å². The molecule has 3 rings (SSSR count). The summed E-state index contributed by atoms with van der Waals surface area (Å²) in [5.74, 6) is 0.600. The summed E-state index contributed by atoms with van der Waals surface area (Å²) >= 11 is 0. The molecule has 2 heterocycles. The maximum absolute atomic E-state index is 11.9. The molecule has 1 atom stereocenters. The lowest BCUT2D eigenvalue weighted by Crippen LogP contribution is -2.33. The zero-order valence-electron chi connectivity index (χ0n) is 13.2. The summed E-state index contributed by atoms with van der Waals surface area (Å²) in [5.41, 5.74) is 2.84. The Balaban J connectivity index is 1.37. The average Bonchev–Trinajstić information content (AvgIpc) is 3.04. The van der Waals surface area contributed by atoms with Crippen LogP contribution in [0, 0.1) is 5.92 Å². The third-order valence-corrected chi connectivity index (χ3v) is 4.63. The number of hydrogen-bond donors (Lipinski definition) is 1. The Bertz CT molecular complexity index is 498. The molecule has 0 bridgehead atoms. The van der Waals surface area contributed by atoms with E-state index in [0.29, 0.717) is 12.3 Å². The Morgan fingerprint density at radius 2 is 2.27 bits per heavy atom. The topological polar surface area (TPSA) is 41.6 Å². The molecule has 2 aliphatic rings. The summed E-state index contributed by atoms with van der Waals surface area (Å²) in [6.07, 6.45) is 5.06. The van der Waals surface area contributed by atoms with Gasteiger partial charge in [-0.15, -0.1) is 0 Å². The fraction of sp³-hybridized carbons (Fsp3) is 0.611. The van der Waals surface area contributed by atoms with Crippen LogP contribution in [0.2, 0.25) is 0 Å². The number of aryl methyl sites for hydroxylation is 1. The van der Waals surface area contributed by atoms with Crippen LogP contribution in [0.3, 0.4) is 0 Å². The number of hydrogen-bond acceptors (Lipinski definition) is 3. The molecule has 1 unspecified atom stereocenters. The van der Waals surface area contributed by atoms with Crippen molar-refractivity contribution < 1.29 is 9.53 Å². The molecular formula is C18H26N2O2. The highest BCUT2D eigenvalue weighted by atomic mass is 16.5. The maximum Gasteiger partial charge on any atom is 0.220 e. The molecule has 0 saturated carbocycles. The molecule has 1 fully saturated rings. The Hall–Kier alpha value is -1.55. The number of carbonyl (C=O) groups excluding carboxylic acids is 1. The minimum absolute atomic E-state index is 0.176. The van der Waals surface area contributed by atoms with Gasteiger partial charge >= 0.3 is 0 Å². The summed E-state index contributed by atoms with van der Waals surface area (Å²) in [7, 11) is 0. The molecule has 1 N–H and O–H groups in total. The number of ether oxygens (including phenoxy) is 1. The van der Waals surface area contributed by atoms with Crippen molar-refractivity contribution in [1.82, 2.24) is 5.32 Å². The molecule has 0 radical (unpaired) electrons. The van der Waals surface area contributed by atoms with Gasteiger partial charge in [0, 0.05) is 45.0 Å². The van der Waals surface area contributed by atoms with E-state index < -0.39 is 0 Å². The predicted molar refractivity (Wildman–Crippen MR) is 88.1 cm³/mol. The molecule has 4 heteroatoms. The van der Waals surface area contributed by atoms with Crippen LogP contribution in [0.25, 0.3) is 0 Å². The third-order valence-electron chi connectivity index (χ3n) is 4.63. The molecule has 1 aromatic carbocycles. The van der Waals surface area contributed by atoms with E-state index in [2.05, 4.69) is 34.5 Å². The molecule has 0 aliphatic carbocycles. The second kappa shape index (κ2) is 7.63. The van der Waals surface area contributed by atoms with Crippen LogP contribution >= 0.6 is 0 Å².